The molecule has 0 unspecified atom stereocenters. The molecule has 1 aromatic rings. The fourth-order valence-corrected chi connectivity index (χ4v) is 1.88. The first-order valence-corrected chi connectivity index (χ1v) is 5.93. The van der Waals surface area contributed by atoms with Gasteiger partial charge in [0.15, 0.2) is 5.78 Å². The van der Waals surface area contributed by atoms with Gasteiger partial charge in [-0.3, -0.25) is 4.79 Å². The Labute approximate surface area is 94.7 Å². The SMILES string of the molecule is CCSc1ccc(C(=O)C(C)(C)O)cc1. The number of carbonyl (C=O) groups excluding carboxylic acids is 1. The van der Waals surface area contributed by atoms with Crippen molar-refractivity contribution >= 4 is 17.5 Å². The van der Waals surface area contributed by atoms with E-state index in [0.29, 0.717) is 5.56 Å². The van der Waals surface area contributed by atoms with Gasteiger partial charge in [0.25, 0.3) is 0 Å². The van der Waals surface area contributed by atoms with Gasteiger partial charge in [0.1, 0.15) is 5.60 Å². The van der Waals surface area contributed by atoms with Gasteiger partial charge in [-0.15, -0.1) is 11.8 Å². The van der Waals surface area contributed by atoms with Gasteiger partial charge in [-0.2, -0.15) is 0 Å². The molecular formula is C12H16O2S. The van der Waals surface area contributed by atoms with E-state index in [4.69, 9.17) is 0 Å². The Bertz CT molecular complexity index is 336. The van der Waals surface area contributed by atoms with Crippen molar-refractivity contribution < 1.29 is 9.90 Å². The van der Waals surface area contributed by atoms with Gasteiger partial charge in [-0.1, -0.05) is 19.1 Å². The van der Waals surface area contributed by atoms with Crippen LogP contribution < -0.4 is 0 Å². The number of hydrogen-bond acceptors (Lipinski definition) is 3. The van der Waals surface area contributed by atoms with E-state index in [1.807, 2.05) is 12.1 Å². The molecule has 1 N–H and O–H groups in total. The number of benzene rings is 1. The van der Waals surface area contributed by atoms with Crippen LogP contribution in [-0.2, 0) is 0 Å². The Balaban J connectivity index is 2.85. The van der Waals surface area contributed by atoms with Gasteiger partial charge < -0.3 is 5.11 Å². The fourth-order valence-electron chi connectivity index (χ4n) is 1.22. The lowest BCUT2D eigenvalue weighted by Gasteiger charge is -2.15. The molecule has 0 aliphatic rings. The van der Waals surface area contributed by atoms with Crippen LogP contribution in [0.3, 0.4) is 0 Å². The molecule has 1 rings (SSSR count). The van der Waals surface area contributed by atoms with Crippen LogP contribution in [0, 0.1) is 0 Å². The van der Waals surface area contributed by atoms with E-state index in [-0.39, 0.29) is 5.78 Å². The maximum absolute atomic E-state index is 11.7. The van der Waals surface area contributed by atoms with Gasteiger partial charge in [-0.25, -0.2) is 0 Å². The molecule has 0 saturated heterocycles. The first-order valence-electron chi connectivity index (χ1n) is 4.95. The van der Waals surface area contributed by atoms with Crippen molar-refractivity contribution in [2.45, 2.75) is 31.3 Å². The molecule has 0 fully saturated rings. The highest BCUT2D eigenvalue weighted by Gasteiger charge is 2.24. The molecule has 0 aliphatic carbocycles. The molecule has 0 aliphatic heterocycles. The normalized spacial score (nSPS) is 11.5. The van der Waals surface area contributed by atoms with Crippen LogP contribution in [0.2, 0.25) is 0 Å². The molecule has 0 saturated carbocycles. The summed E-state index contributed by atoms with van der Waals surface area (Å²) in [5, 5.41) is 9.56. The average Bonchev–Trinajstić information content (AvgIpc) is 2.17. The predicted molar refractivity (Wildman–Crippen MR) is 63.5 cm³/mol. The van der Waals surface area contributed by atoms with Gasteiger partial charge in [0.2, 0.25) is 0 Å². The van der Waals surface area contributed by atoms with Crippen LogP contribution in [0.4, 0.5) is 0 Å². The molecule has 0 aromatic heterocycles. The number of hydrogen-bond donors (Lipinski definition) is 1. The molecule has 0 heterocycles. The summed E-state index contributed by atoms with van der Waals surface area (Å²) in [6.07, 6.45) is 0. The lowest BCUT2D eigenvalue weighted by atomic mass is 9.97. The van der Waals surface area contributed by atoms with Crippen LogP contribution in [0.25, 0.3) is 0 Å². The third-order valence-corrected chi connectivity index (χ3v) is 2.88. The molecule has 0 spiro atoms. The zero-order valence-electron chi connectivity index (χ0n) is 9.28. The smallest absolute Gasteiger partial charge is 0.193 e. The number of carbonyl (C=O) groups is 1. The van der Waals surface area contributed by atoms with Crippen molar-refractivity contribution in [3.8, 4) is 0 Å². The highest BCUT2D eigenvalue weighted by molar-refractivity contribution is 7.99. The zero-order valence-corrected chi connectivity index (χ0v) is 10.1. The van der Waals surface area contributed by atoms with E-state index >= 15 is 0 Å². The topological polar surface area (TPSA) is 37.3 Å². The second kappa shape index (κ2) is 4.81. The maximum atomic E-state index is 11.7. The van der Waals surface area contributed by atoms with Gasteiger partial charge in [-0.05, 0) is 31.7 Å². The third kappa shape index (κ3) is 3.36. The molecule has 15 heavy (non-hydrogen) atoms. The molecule has 0 radical (unpaired) electrons. The van der Waals surface area contributed by atoms with Crippen molar-refractivity contribution in [1.29, 1.82) is 0 Å². The lowest BCUT2D eigenvalue weighted by Crippen LogP contribution is -2.30. The number of aliphatic hydroxyl groups is 1. The van der Waals surface area contributed by atoms with E-state index in [2.05, 4.69) is 6.92 Å². The number of rotatable bonds is 4. The van der Waals surface area contributed by atoms with Gasteiger partial charge in [0, 0.05) is 10.5 Å². The quantitative estimate of drug-likeness (QED) is 0.631. The second-order valence-corrected chi connectivity index (χ2v) is 5.18. The minimum atomic E-state index is -1.29. The summed E-state index contributed by atoms with van der Waals surface area (Å²) in [6, 6.07) is 7.34. The molecular weight excluding hydrogens is 208 g/mol. The lowest BCUT2D eigenvalue weighted by molar-refractivity contribution is 0.0488. The highest BCUT2D eigenvalue weighted by Crippen LogP contribution is 2.19. The van der Waals surface area contributed by atoms with Crippen molar-refractivity contribution in [3.63, 3.8) is 0 Å². The minimum absolute atomic E-state index is 0.240. The van der Waals surface area contributed by atoms with Crippen molar-refractivity contribution in [1.82, 2.24) is 0 Å². The predicted octanol–water partition coefficient (Wildman–Crippen LogP) is 2.75. The third-order valence-electron chi connectivity index (χ3n) is 1.98. The summed E-state index contributed by atoms with van der Waals surface area (Å²) in [5.41, 5.74) is -0.734. The Morgan fingerprint density at radius 1 is 1.33 bits per heavy atom. The summed E-state index contributed by atoms with van der Waals surface area (Å²) < 4.78 is 0. The summed E-state index contributed by atoms with van der Waals surface area (Å²) >= 11 is 1.73. The summed E-state index contributed by atoms with van der Waals surface area (Å²) in [4.78, 5) is 12.8. The van der Waals surface area contributed by atoms with Crippen LogP contribution in [0.5, 0.6) is 0 Å². The second-order valence-electron chi connectivity index (χ2n) is 3.85. The highest BCUT2D eigenvalue weighted by atomic mass is 32.2. The van der Waals surface area contributed by atoms with Crippen LogP contribution in [0.15, 0.2) is 29.2 Å². The number of Topliss-reactive ketones (excluding diaryl/α,β-unsaturated/α-hetero) is 1. The van der Waals surface area contributed by atoms with Gasteiger partial charge in [0.05, 0.1) is 0 Å². The Morgan fingerprint density at radius 3 is 2.27 bits per heavy atom. The standard InChI is InChI=1S/C12H16O2S/c1-4-15-10-7-5-9(6-8-10)11(13)12(2,3)14/h5-8,14H,4H2,1-3H3. The van der Waals surface area contributed by atoms with Crippen LogP contribution >= 0.6 is 11.8 Å². The van der Waals surface area contributed by atoms with E-state index in [0.717, 1.165) is 10.6 Å². The van der Waals surface area contributed by atoms with E-state index in [9.17, 15) is 9.90 Å². The Morgan fingerprint density at radius 2 is 1.87 bits per heavy atom. The van der Waals surface area contributed by atoms with E-state index in [1.54, 1.807) is 23.9 Å². The first-order chi connectivity index (χ1) is 6.95. The van der Waals surface area contributed by atoms with Crippen molar-refractivity contribution in [2.24, 2.45) is 0 Å². The molecule has 0 atom stereocenters. The number of ketones is 1. The Kier molecular flexibility index (Phi) is 3.94. The molecule has 82 valence electrons. The summed E-state index contributed by atoms with van der Waals surface area (Å²) in [7, 11) is 0. The monoisotopic (exact) mass is 224 g/mol. The molecule has 2 nitrogen and oxygen atoms in total. The van der Waals surface area contributed by atoms with Crippen LogP contribution in [-0.4, -0.2) is 22.2 Å². The van der Waals surface area contributed by atoms with Crippen molar-refractivity contribution in [3.05, 3.63) is 29.8 Å². The molecule has 3 heteroatoms. The number of thioether (sulfide) groups is 1. The molecule has 0 bridgehead atoms. The minimum Gasteiger partial charge on any atom is -0.382 e. The summed E-state index contributed by atoms with van der Waals surface area (Å²) in [5.74, 6) is 0.772. The Hall–Kier alpha value is -0.800. The average molecular weight is 224 g/mol. The van der Waals surface area contributed by atoms with Crippen molar-refractivity contribution in [2.75, 3.05) is 5.75 Å². The molecule has 1 aromatic carbocycles. The molecule has 0 amide bonds. The van der Waals surface area contributed by atoms with E-state index in [1.165, 1.54) is 13.8 Å². The first kappa shape index (κ1) is 12.3. The largest absolute Gasteiger partial charge is 0.382 e. The fraction of sp³-hybridized carbons (Fsp3) is 0.417. The summed E-state index contributed by atoms with van der Waals surface area (Å²) in [6.45, 7) is 5.09. The van der Waals surface area contributed by atoms with Gasteiger partial charge >= 0.3 is 0 Å². The maximum Gasteiger partial charge on any atom is 0.193 e. The van der Waals surface area contributed by atoms with Crippen LogP contribution in [0.1, 0.15) is 31.1 Å². The van der Waals surface area contributed by atoms with E-state index < -0.39 is 5.60 Å². The zero-order chi connectivity index (χ0) is 11.5.